The predicted molar refractivity (Wildman–Crippen MR) is 143 cm³/mol. The molecule has 1 N–H and O–H groups in total. The van der Waals surface area contributed by atoms with E-state index in [2.05, 4.69) is 10.1 Å². The highest BCUT2D eigenvalue weighted by molar-refractivity contribution is 5.94. The molecule has 0 saturated heterocycles. The molecule has 5 unspecified atom stereocenters. The smallest absolute Gasteiger partial charge is 0.351 e. The molecular weight excluding hydrogens is 543 g/mol. The quantitative estimate of drug-likeness (QED) is 0.379. The lowest BCUT2D eigenvalue weighted by atomic mass is 9.53. The lowest BCUT2D eigenvalue weighted by Crippen LogP contribution is -2.50. The molecule has 0 radical (unpaired) electrons. The van der Waals surface area contributed by atoms with Crippen molar-refractivity contribution in [3.8, 4) is 0 Å². The molecular formula is C31H37F5N2O3. The largest absolute Gasteiger partial charge is 0.482 e. The minimum atomic E-state index is -5.79. The Morgan fingerprint density at radius 1 is 1.05 bits per heavy atom. The summed E-state index contributed by atoms with van der Waals surface area (Å²) in [5.74, 6) is -0.463. The van der Waals surface area contributed by atoms with E-state index in [9.17, 15) is 31.5 Å². The minimum absolute atomic E-state index is 0.00113. The molecule has 1 amide bonds. The van der Waals surface area contributed by atoms with Crippen LogP contribution in [-0.2, 0) is 9.53 Å². The third-order valence-corrected chi connectivity index (χ3v) is 9.68. The van der Waals surface area contributed by atoms with Gasteiger partial charge in [0.25, 0.3) is 5.91 Å². The van der Waals surface area contributed by atoms with Crippen LogP contribution < -0.4 is 5.32 Å². The first-order chi connectivity index (χ1) is 19.2. The van der Waals surface area contributed by atoms with Gasteiger partial charge in [-0.2, -0.15) is 22.0 Å². The number of ketones is 1. The van der Waals surface area contributed by atoms with E-state index in [1.807, 2.05) is 31.1 Å². The number of benzene rings is 1. The summed E-state index contributed by atoms with van der Waals surface area (Å²) in [5.41, 5.74) is 3.82. The molecule has 0 spiro atoms. The number of fused-ring (bicyclic) bond motifs is 4. The van der Waals surface area contributed by atoms with Crippen molar-refractivity contribution >= 4 is 11.7 Å². The SMILES string of the molecule is CN(C)CCNC(=O)c1ccc(C2CC3(C)C(OC(F)(F)C(F)(F)F)CCC3C3CCC4=CC(=O)CCC4=C23)cc1. The molecule has 2 saturated carbocycles. The fourth-order valence-electron chi connectivity index (χ4n) is 7.71. The molecule has 224 valence electrons. The number of carbonyl (C=O) groups is 2. The average Bonchev–Trinajstić information content (AvgIpc) is 3.22. The molecule has 0 aromatic heterocycles. The highest BCUT2D eigenvalue weighted by Gasteiger charge is 2.65. The normalized spacial score (nSPS) is 30.1. The number of alkyl halides is 5. The number of nitrogens with one attached hydrogen (secondary N) is 1. The first kappa shape index (κ1) is 29.9. The van der Waals surface area contributed by atoms with Gasteiger partial charge in [0.15, 0.2) is 5.78 Å². The zero-order valence-electron chi connectivity index (χ0n) is 23.6. The van der Waals surface area contributed by atoms with E-state index in [0.717, 1.165) is 16.7 Å². The summed E-state index contributed by atoms with van der Waals surface area (Å²) in [6.45, 7) is 2.99. The highest BCUT2D eigenvalue weighted by atomic mass is 19.4. The molecule has 10 heteroatoms. The van der Waals surface area contributed by atoms with Gasteiger partial charge in [-0.05, 0) is 105 Å². The van der Waals surface area contributed by atoms with Crippen LogP contribution in [-0.4, -0.2) is 62.2 Å². The van der Waals surface area contributed by atoms with E-state index >= 15 is 0 Å². The third kappa shape index (κ3) is 5.61. The van der Waals surface area contributed by atoms with E-state index < -0.39 is 23.8 Å². The number of carbonyl (C=O) groups excluding carboxylic acids is 2. The fourth-order valence-corrected chi connectivity index (χ4v) is 7.71. The summed E-state index contributed by atoms with van der Waals surface area (Å²) in [4.78, 5) is 26.8. The Bertz CT molecular complexity index is 1250. The predicted octanol–water partition coefficient (Wildman–Crippen LogP) is 6.42. The summed E-state index contributed by atoms with van der Waals surface area (Å²) < 4.78 is 72.3. The second-order valence-electron chi connectivity index (χ2n) is 12.5. The van der Waals surface area contributed by atoms with Crippen LogP contribution in [0.3, 0.4) is 0 Å². The van der Waals surface area contributed by atoms with Gasteiger partial charge in [-0.1, -0.05) is 24.6 Å². The van der Waals surface area contributed by atoms with E-state index in [0.29, 0.717) is 57.2 Å². The summed E-state index contributed by atoms with van der Waals surface area (Å²) in [7, 11) is 3.83. The number of amides is 1. The summed E-state index contributed by atoms with van der Waals surface area (Å²) >= 11 is 0. The van der Waals surface area contributed by atoms with E-state index in [1.165, 1.54) is 5.57 Å². The molecule has 1 aromatic rings. The summed E-state index contributed by atoms with van der Waals surface area (Å²) in [6.07, 6.45) is -7.14. The number of rotatable bonds is 7. The molecule has 0 bridgehead atoms. The molecule has 1 aromatic carbocycles. The lowest BCUT2D eigenvalue weighted by molar-refractivity contribution is -0.408. The summed E-state index contributed by atoms with van der Waals surface area (Å²) in [5, 5.41) is 2.88. The molecule has 0 aliphatic heterocycles. The van der Waals surface area contributed by atoms with Gasteiger partial charge < -0.3 is 15.0 Å². The van der Waals surface area contributed by atoms with Crippen LogP contribution in [0.2, 0.25) is 0 Å². The lowest BCUT2D eigenvalue weighted by Gasteiger charge is -2.52. The monoisotopic (exact) mass is 580 g/mol. The van der Waals surface area contributed by atoms with Gasteiger partial charge in [0.1, 0.15) is 0 Å². The molecule has 4 aliphatic carbocycles. The van der Waals surface area contributed by atoms with Crippen LogP contribution in [0.25, 0.3) is 0 Å². The maximum atomic E-state index is 14.1. The van der Waals surface area contributed by atoms with Gasteiger partial charge in [-0.25, -0.2) is 0 Å². The second kappa shape index (κ2) is 10.9. The van der Waals surface area contributed by atoms with E-state index in [1.54, 1.807) is 25.1 Å². The Morgan fingerprint density at radius 3 is 2.41 bits per heavy atom. The summed E-state index contributed by atoms with van der Waals surface area (Å²) in [6, 6.07) is 7.20. The Kier molecular flexibility index (Phi) is 7.96. The molecule has 5 nitrogen and oxygen atoms in total. The molecule has 5 rings (SSSR count). The van der Waals surface area contributed by atoms with Crippen molar-refractivity contribution < 1.29 is 36.3 Å². The zero-order chi connectivity index (χ0) is 29.7. The van der Waals surface area contributed by atoms with Crippen molar-refractivity contribution in [1.82, 2.24) is 10.2 Å². The Hall–Kier alpha value is -2.59. The molecule has 41 heavy (non-hydrogen) atoms. The van der Waals surface area contributed by atoms with Gasteiger partial charge >= 0.3 is 12.3 Å². The van der Waals surface area contributed by atoms with Crippen LogP contribution in [0.5, 0.6) is 0 Å². The van der Waals surface area contributed by atoms with Crippen molar-refractivity contribution in [2.45, 2.75) is 76.2 Å². The third-order valence-electron chi connectivity index (χ3n) is 9.68. The Labute approximate surface area is 237 Å². The minimum Gasteiger partial charge on any atom is -0.351 e. The van der Waals surface area contributed by atoms with Gasteiger partial charge in [-0.3, -0.25) is 9.59 Å². The number of hydrogen-bond donors (Lipinski definition) is 1. The van der Waals surface area contributed by atoms with Crippen LogP contribution >= 0.6 is 0 Å². The zero-order valence-corrected chi connectivity index (χ0v) is 23.6. The highest BCUT2D eigenvalue weighted by Crippen LogP contribution is 2.65. The standard InChI is InChI=1S/C31H37F5N2O3/c1-29-17-24(18-4-6-19(7-5-18)28(40)37-14-15-38(2)3)27-22-11-9-21(39)16-20(22)8-10-23(27)25(29)12-13-26(29)41-31(35,36)30(32,33)34/h4-7,16,23-26H,8-15,17H2,1-3H3,(H,37,40). The molecule has 4 aliphatic rings. The maximum Gasteiger partial charge on any atom is 0.482 e. The van der Waals surface area contributed by atoms with E-state index in [-0.39, 0.29) is 35.9 Å². The van der Waals surface area contributed by atoms with Crippen molar-refractivity contribution in [1.29, 1.82) is 0 Å². The average molecular weight is 581 g/mol. The van der Waals surface area contributed by atoms with E-state index in [4.69, 9.17) is 0 Å². The number of ether oxygens (including phenoxy) is 1. The van der Waals surface area contributed by atoms with Crippen molar-refractivity contribution in [2.24, 2.45) is 17.3 Å². The number of allylic oxidation sites excluding steroid dienone is 4. The number of likely N-dealkylation sites (N-methyl/N-ethyl adjacent to an activating group) is 1. The number of hydrogen-bond acceptors (Lipinski definition) is 4. The Morgan fingerprint density at radius 2 is 1.76 bits per heavy atom. The van der Waals surface area contributed by atoms with Crippen molar-refractivity contribution in [3.63, 3.8) is 0 Å². The van der Waals surface area contributed by atoms with Crippen LogP contribution in [0, 0.1) is 17.3 Å². The van der Waals surface area contributed by atoms with Crippen molar-refractivity contribution in [3.05, 3.63) is 58.2 Å². The maximum absolute atomic E-state index is 14.1. The van der Waals surface area contributed by atoms with Crippen LogP contribution in [0.1, 0.15) is 73.7 Å². The van der Waals surface area contributed by atoms with Gasteiger partial charge in [0.05, 0.1) is 6.10 Å². The van der Waals surface area contributed by atoms with Gasteiger partial charge in [0.2, 0.25) is 0 Å². The number of nitrogens with zero attached hydrogens (tertiary/aromatic N) is 1. The van der Waals surface area contributed by atoms with Gasteiger partial charge in [0, 0.05) is 31.0 Å². The molecule has 0 heterocycles. The fraction of sp³-hybridized carbons (Fsp3) is 0.613. The molecule has 5 atom stereocenters. The second-order valence-corrected chi connectivity index (χ2v) is 12.5. The van der Waals surface area contributed by atoms with Crippen LogP contribution in [0.15, 0.2) is 47.1 Å². The topological polar surface area (TPSA) is 58.6 Å². The first-order valence-corrected chi connectivity index (χ1v) is 14.3. The molecule has 2 fully saturated rings. The van der Waals surface area contributed by atoms with Crippen molar-refractivity contribution in [2.75, 3.05) is 27.2 Å². The Balaban J connectivity index is 1.50. The number of halogens is 5. The van der Waals surface area contributed by atoms with Gasteiger partial charge in [-0.15, -0.1) is 0 Å². The van der Waals surface area contributed by atoms with Crippen LogP contribution in [0.4, 0.5) is 22.0 Å². The first-order valence-electron chi connectivity index (χ1n) is 14.3.